The van der Waals surface area contributed by atoms with Crippen LogP contribution in [-0.2, 0) is 0 Å². The SMILES string of the molecule is CC(NC(=O)N(C)CC1CCN(C)CC1)c1ccc(OCC(F)(F)F)cc1. The fourth-order valence-corrected chi connectivity index (χ4v) is 3.11. The van der Waals surface area contributed by atoms with Crippen LogP contribution in [0, 0.1) is 5.92 Å². The Morgan fingerprint density at radius 1 is 1.30 bits per heavy atom. The van der Waals surface area contributed by atoms with Gasteiger partial charge in [0, 0.05) is 13.6 Å². The second kappa shape index (κ2) is 9.30. The minimum atomic E-state index is -4.36. The van der Waals surface area contributed by atoms with E-state index in [2.05, 4.69) is 17.3 Å². The predicted molar refractivity (Wildman–Crippen MR) is 97.8 cm³/mol. The third-order valence-corrected chi connectivity index (χ3v) is 4.84. The zero-order valence-electron chi connectivity index (χ0n) is 16.1. The molecule has 5 nitrogen and oxygen atoms in total. The molecule has 0 aromatic heterocycles. The summed E-state index contributed by atoms with van der Waals surface area (Å²) >= 11 is 0. The molecule has 2 amide bonds. The molecule has 2 rings (SSSR count). The molecule has 0 radical (unpaired) electrons. The Balaban J connectivity index is 1.81. The van der Waals surface area contributed by atoms with Crippen molar-refractivity contribution in [2.75, 3.05) is 40.3 Å². The van der Waals surface area contributed by atoms with Crippen molar-refractivity contribution in [3.8, 4) is 5.75 Å². The highest BCUT2D eigenvalue weighted by Crippen LogP contribution is 2.21. The van der Waals surface area contributed by atoms with Crippen LogP contribution in [0.2, 0.25) is 0 Å². The Kier molecular flexibility index (Phi) is 7.35. The lowest BCUT2D eigenvalue weighted by Crippen LogP contribution is -2.43. The molecule has 0 bridgehead atoms. The van der Waals surface area contributed by atoms with E-state index in [-0.39, 0.29) is 17.8 Å². The number of nitrogens with zero attached hydrogens (tertiary/aromatic N) is 2. The van der Waals surface area contributed by atoms with Gasteiger partial charge in [-0.3, -0.25) is 0 Å². The summed E-state index contributed by atoms with van der Waals surface area (Å²) in [6.45, 7) is 3.35. The zero-order chi connectivity index (χ0) is 20.0. The van der Waals surface area contributed by atoms with Gasteiger partial charge in [0.2, 0.25) is 0 Å². The van der Waals surface area contributed by atoms with Crippen LogP contribution < -0.4 is 10.1 Å². The summed E-state index contributed by atoms with van der Waals surface area (Å²) in [5.74, 6) is 0.659. The molecule has 152 valence electrons. The highest BCUT2D eigenvalue weighted by molar-refractivity contribution is 5.74. The molecule has 1 heterocycles. The maximum Gasteiger partial charge on any atom is 0.422 e. The molecule has 8 heteroatoms. The quantitative estimate of drug-likeness (QED) is 0.810. The van der Waals surface area contributed by atoms with Crippen LogP contribution in [-0.4, -0.2) is 62.3 Å². The van der Waals surface area contributed by atoms with E-state index in [0.29, 0.717) is 5.92 Å². The molecule has 1 saturated heterocycles. The number of rotatable bonds is 6. The smallest absolute Gasteiger partial charge is 0.422 e. The Morgan fingerprint density at radius 2 is 1.89 bits per heavy atom. The van der Waals surface area contributed by atoms with E-state index in [4.69, 9.17) is 4.74 Å². The maximum absolute atomic E-state index is 12.4. The molecule has 0 aliphatic carbocycles. The average Bonchev–Trinajstić information content (AvgIpc) is 2.61. The van der Waals surface area contributed by atoms with Gasteiger partial charge < -0.3 is 19.9 Å². The molecule has 1 N–H and O–H groups in total. The standard InChI is InChI=1S/C19H28F3N3O2/c1-14(16-4-6-17(7-5-16)27-13-19(20,21)22)23-18(26)25(3)12-15-8-10-24(2)11-9-15/h4-7,14-15H,8-13H2,1-3H3,(H,23,26). The van der Waals surface area contributed by atoms with Gasteiger partial charge in [0.15, 0.2) is 6.61 Å². The zero-order valence-corrected chi connectivity index (χ0v) is 16.1. The molecule has 1 aromatic rings. The Labute approximate surface area is 158 Å². The summed E-state index contributed by atoms with van der Waals surface area (Å²) in [5.41, 5.74) is 0.801. The molecule has 0 spiro atoms. The van der Waals surface area contributed by atoms with E-state index in [9.17, 15) is 18.0 Å². The number of benzene rings is 1. The molecule has 1 unspecified atom stereocenters. The summed E-state index contributed by atoms with van der Waals surface area (Å²) in [4.78, 5) is 16.4. The van der Waals surface area contributed by atoms with Crippen LogP contribution in [0.1, 0.15) is 31.4 Å². The highest BCUT2D eigenvalue weighted by Gasteiger charge is 2.28. The number of piperidine rings is 1. The number of nitrogens with one attached hydrogen (secondary N) is 1. The Bertz CT molecular complexity index is 599. The molecular weight excluding hydrogens is 359 g/mol. The minimum absolute atomic E-state index is 0.147. The van der Waals surface area contributed by atoms with Crippen molar-refractivity contribution < 1.29 is 22.7 Å². The summed E-state index contributed by atoms with van der Waals surface area (Å²) in [6, 6.07) is 5.87. The lowest BCUT2D eigenvalue weighted by molar-refractivity contribution is -0.153. The minimum Gasteiger partial charge on any atom is -0.484 e. The predicted octanol–water partition coefficient (Wildman–Crippen LogP) is 3.67. The van der Waals surface area contributed by atoms with Gasteiger partial charge >= 0.3 is 12.2 Å². The molecular formula is C19H28F3N3O2. The van der Waals surface area contributed by atoms with E-state index < -0.39 is 12.8 Å². The van der Waals surface area contributed by atoms with Crippen LogP contribution in [0.5, 0.6) is 5.75 Å². The van der Waals surface area contributed by atoms with Gasteiger partial charge in [0.1, 0.15) is 5.75 Å². The Morgan fingerprint density at radius 3 is 2.44 bits per heavy atom. The van der Waals surface area contributed by atoms with Gasteiger partial charge in [-0.2, -0.15) is 13.2 Å². The first-order valence-electron chi connectivity index (χ1n) is 9.13. The maximum atomic E-state index is 12.4. The van der Waals surface area contributed by atoms with Gasteiger partial charge in [-0.1, -0.05) is 12.1 Å². The van der Waals surface area contributed by atoms with E-state index in [1.54, 1.807) is 24.1 Å². The van der Waals surface area contributed by atoms with Crippen LogP contribution in [0.25, 0.3) is 0 Å². The van der Waals surface area contributed by atoms with Gasteiger partial charge in [0.25, 0.3) is 0 Å². The number of hydrogen-bond donors (Lipinski definition) is 1. The van der Waals surface area contributed by atoms with Crippen molar-refractivity contribution in [1.29, 1.82) is 0 Å². The molecule has 1 fully saturated rings. The number of ether oxygens (including phenoxy) is 1. The fourth-order valence-electron chi connectivity index (χ4n) is 3.11. The van der Waals surface area contributed by atoms with Crippen molar-refractivity contribution in [1.82, 2.24) is 15.1 Å². The van der Waals surface area contributed by atoms with Gasteiger partial charge in [-0.25, -0.2) is 4.79 Å². The normalized spacial score (nSPS) is 17.4. The topological polar surface area (TPSA) is 44.8 Å². The lowest BCUT2D eigenvalue weighted by atomic mass is 9.97. The summed E-state index contributed by atoms with van der Waals surface area (Å²) in [7, 11) is 3.89. The number of urea groups is 1. The van der Waals surface area contributed by atoms with Crippen molar-refractivity contribution in [3.63, 3.8) is 0 Å². The number of carbonyl (C=O) groups is 1. The van der Waals surface area contributed by atoms with E-state index in [1.807, 2.05) is 6.92 Å². The van der Waals surface area contributed by atoms with Gasteiger partial charge in [-0.05, 0) is 63.5 Å². The monoisotopic (exact) mass is 387 g/mol. The number of hydrogen-bond acceptors (Lipinski definition) is 3. The molecule has 1 aliphatic heterocycles. The van der Waals surface area contributed by atoms with Gasteiger partial charge in [0.05, 0.1) is 6.04 Å². The average molecular weight is 387 g/mol. The number of likely N-dealkylation sites (tertiary alicyclic amines) is 1. The number of alkyl halides is 3. The first-order valence-corrected chi connectivity index (χ1v) is 9.13. The molecule has 27 heavy (non-hydrogen) atoms. The number of carbonyl (C=O) groups excluding carboxylic acids is 1. The van der Waals surface area contributed by atoms with Crippen LogP contribution in [0.4, 0.5) is 18.0 Å². The van der Waals surface area contributed by atoms with Crippen molar-refractivity contribution in [3.05, 3.63) is 29.8 Å². The third-order valence-electron chi connectivity index (χ3n) is 4.84. The first-order chi connectivity index (χ1) is 12.6. The summed E-state index contributed by atoms with van der Waals surface area (Å²) in [5, 5.41) is 2.93. The van der Waals surface area contributed by atoms with E-state index in [1.165, 1.54) is 12.1 Å². The van der Waals surface area contributed by atoms with Crippen molar-refractivity contribution in [2.45, 2.75) is 32.0 Å². The molecule has 1 aliphatic rings. The van der Waals surface area contributed by atoms with Crippen LogP contribution in [0.3, 0.4) is 0 Å². The van der Waals surface area contributed by atoms with Crippen LogP contribution in [0.15, 0.2) is 24.3 Å². The fraction of sp³-hybridized carbons (Fsp3) is 0.632. The van der Waals surface area contributed by atoms with Gasteiger partial charge in [-0.15, -0.1) is 0 Å². The molecule has 0 saturated carbocycles. The second-order valence-electron chi connectivity index (χ2n) is 7.27. The summed E-state index contributed by atoms with van der Waals surface area (Å²) in [6.07, 6.45) is -2.19. The van der Waals surface area contributed by atoms with E-state index in [0.717, 1.165) is 38.0 Å². The summed E-state index contributed by atoms with van der Waals surface area (Å²) < 4.78 is 41.2. The largest absolute Gasteiger partial charge is 0.484 e. The molecule has 1 atom stereocenters. The van der Waals surface area contributed by atoms with Crippen molar-refractivity contribution >= 4 is 6.03 Å². The van der Waals surface area contributed by atoms with Crippen LogP contribution >= 0.6 is 0 Å². The first kappa shape index (κ1) is 21.3. The second-order valence-corrected chi connectivity index (χ2v) is 7.27. The molecule has 1 aromatic carbocycles. The van der Waals surface area contributed by atoms with E-state index >= 15 is 0 Å². The highest BCUT2D eigenvalue weighted by atomic mass is 19.4. The lowest BCUT2D eigenvalue weighted by Gasteiger charge is -2.32. The van der Waals surface area contributed by atoms with Crippen molar-refractivity contribution in [2.24, 2.45) is 5.92 Å². The Hall–Kier alpha value is -1.96. The number of halogens is 3. The third kappa shape index (κ3) is 7.28. The number of amides is 2.